The molecule has 2 aromatic rings. The second kappa shape index (κ2) is 6.02. The van der Waals surface area contributed by atoms with Crippen molar-refractivity contribution in [2.75, 3.05) is 0 Å². The summed E-state index contributed by atoms with van der Waals surface area (Å²) in [6.07, 6.45) is 0.470. The topological polar surface area (TPSA) is 20.2 Å². The van der Waals surface area contributed by atoms with Crippen LogP contribution in [0.2, 0.25) is 0 Å². The molecule has 1 N–H and O–H groups in total. The Balaban J connectivity index is 2.36. The number of rotatable bonds is 4. The summed E-state index contributed by atoms with van der Waals surface area (Å²) in [6, 6.07) is 10.5. The summed E-state index contributed by atoms with van der Waals surface area (Å²) in [7, 11) is 0. The van der Waals surface area contributed by atoms with Crippen molar-refractivity contribution in [2.45, 2.75) is 25.4 Å². The number of benzene rings is 2. The van der Waals surface area contributed by atoms with Crippen LogP contribution in [-0.2, 0) is 12.0 Å². The lowest BCUT2D eigenvalue weighted by molar-refractivity contribution is 0.0316. The lowest BCUT2D eigenvalue weighted by Crippen LogP contribution is -2.28. The molecule has 0 radical (unpaired) electrons. The van der Waals surface area contributed by atoms with Gasteiger partial charge >= 0.3 is 0 Å². The average Bonchev–Trinajstić information content (AvgIpc) is 2.42. The van der Waals surface area contributed by atoms with Gasteiger partial charge in [0.1, 0.15) is 11.6 Å². The molecule has 106 valence electrons. The van der Waals surface area contributed by atoms with Crippen molar-refractivity contribution in [2.24, 2.45) is 0 Å². The predicted octanol–water partition coefficient (Wildman–Crippen LogP) is 4.57. The highest BCUT2D eigenvalue weighted by atomic mass is 79.9. The van der Waals surface area contributed by atoms with Crippen LogP contribution >= 0.6 is 15.9 Å². The first-order valence-electron chi connectivity index (χ1n) is 6.37. The molecule has 2 aromatic carbocycles. The minimum absolute atomic E-state index is 0.103. The Hall–Kier alpha value is -1.26. The summed E-state index contributed by atoms with van der Waals surface area (Å²) in [5.41, 5.74) is -0.416. The van der Waals surface area contributed by atoms with Crippen molar-refractivity contribution >= 4 is 15.9 Å². The van der Waals surface area contributed by atoms with Gasteiger partial charge in [-0.15, -0.1) is 0 Å². The van der Waals surface area contributed by atoms with Crippen molar-refractivity contribution in [3.63, 3.8) is 0 Å². The average molecular weight is 341 g/mol. The molecule has 0 heterocycles. The lowest BCUT2D eigenvalue weighted by atomic mass is 9.85. The van der Waals surface area contributed by atoms with Crippen LogP contribution in [0.4, 0.5) is 8.78 Å². The molecule has 0 aliphatic rings. The summed E-state index contributed by atoms with van der Waals surface area (Å²) in [4.78, 5) is 0. The van der Waals surface area contributed by atoms with Crippen LogP contribution in [0.3, 0.4) is 0 Å². The SMILES string of the molecule is CCC(O)(Cc1ccc(Br)cc1F)c1cccc(F)c1. The lowest BCUT2D eigenvalue weighted by Gasteiger charge is -2.28. The molecular weight excluding hydrogens is 326 g/mol. The van der Waals surface area contributed by atoms with Gasteiger partial charge in [-0.1, -0.05) is 41.1 Å². The van der Waals surface area contributed by atoms with Crippen molar-refractivity contribution < 1.29 is 13.9 Å². The van der Waals surface area contributed by atoms with E-state index < -0.39 is 11.4 Å². The summed E-state index contributed by atoms with van der Waals surface area (Å²) in [5.74, 6) is -0.798. The largest absolute Gasteiger partial charge is 0.385 e. The minimum atomic E-state index is -1.28. The van der Waals surface area contributed by atoms with Crippen LogP contribution < -0.4 is 0 Å². The van der Waals surface area contributed by atoms with E-state index in [1.165, 1.54) is 18.2 Å². The highest BCUT2D eigenvalue weighted by molar-refractivity contribution is 9.10. The van der Waals surface area contributed by atoms with Crippen LogP contribution in [0.5, 0.6) is 0 Å². The molecule has 0 amide bonds. The van der Waals surface area contributed by atoms with Crippen molar-refractivity contribution in [1.82, 2.24) is 0 Å². The summed E-state index contributed by atoms with van der Waals surface area (Å²) < 4.78 is 27.9. The Labute approximate surface area is 125 Å². The van der Waals surface area contributed by atoms with Crippen molar-refractivity contribution in [3.05, 3.63) is 69.7 Å². The molecule has 1 atom stereocenters. The van der Waals surface area contributed by atoms with Crippen molar-refractivity contribution in [1.29, 1.82) is 0 Å². The third kappa shape index (κ3) is 3.25. The monoisotopic (exact) mass is 340 g/mol. The Morgan fingerprint density at radius 1 is 1.15 bits per heavy atom. The maximum absolute atomic E-state index is 13.9. The van der Waals surface area contributed by atoms with Gasteiger partial charge in [0.25, 0.3) is 0 Å². The smallest absolute Gasteiger partial charge is 0.127 e. The highest BCUT2D eigenvalue weighted by Gasteiger charge is 2.29. The number of hydrogen-bond acceptors (Lipinski definition) is 1. The summed E-state index contributed by atoms with van der Waals surface area (Å²) in [6.45, 7) is 1.79. The number of aliphatic hydroxyl groups is 1. The number of hydrogen-bond donors (Lipinski definition) is 1. The van der Waals surface area contributed by atoms with Gasteiger partial charge in [-0.05, 0) is 41.8 Å². The van der Waals surface area contributed by atoms with Gasteiger partial charge in [-0.3, -0.25) is 0 Å². The molecule has 20 heavy (non-hydrogen) atoms. The summed E-state index contributed by atoms with van der Waals surface area (Å²) >= 11 is 3.20. The highest BCUT2D eigenvalue weighted by Crippen LogP contribution is 2.31. The molecule has 0 aliphatic heterocycles. The molecule has 0 spiro atoms. The van der Waals surface area contributed by atoms with Gasteiger partial charge in [0.2, 0.25) is 0 Å². The molecule has 0 fully saturated rings. The molecular formula is C16H15BrF2O. The normalized spacial score (nSPS) is 14.1. The summed E-state index contributed by atoms with van der Waals surface area (Å²) in [5, 5.41) is 10.7. The van der Waals surface area contributed by atoms with Crippen LogP contribution in [0.25, 0.3) is 0 Å². The fourth-order valence-electron chi connectivity index (χ4n) is 2.19. The quantitative estimate of drug-likeness (QED) is 0.864. The van der Waals surface area contributed by atoms with Crippen LogP contribution in [-0.4, -0.2) is 5.11 Å². The third-order valence-corrected chi connectivity index (χ3v) is 3.94. The Kier molecular flexibility index (Phi) is 4.55. The Bertz CT molecular complexity index is 615. The van der Waals surface area contributed by atoms with E-state index >= 15 is 0 Å². The third-order valence-electron chi connectivity index (χ3n) is 3.44. The second-order valence-corrected chi connectivity index (χ2v) is 5.72. The van der Waals surface area contributed by atoms with E-state index in [-0.39, 0.29) is 12.2 Å². The maximum atomic E-state index is 13.9. The van der Waals surface area contributed by atoms with Gasteiger partial charge in [0.05, 0.1) is 5.60 Å². The van der Waals surface area contributed by atoms with E-state index in [9.17, 15) is 13.9 Å². The van der Waals surface area contributed by atoms with E-state index in [0.29, 0.717) is 22.0 Å². The zero-order valence-electron chi connectivity index (χ0n) is 11.0. The predicted molar refractivity (Wildman–Crippen MR) is 78.4 cm³/mol. The molecule has 1 unspecified atom stereocenters. The second-order valence-electron chi connectivity index (χ2n) is 4.81. The van der Waals surface area contributed by atoms with Gasteiger partial charge in [0.15, 0.2) is 0 Å². The Morgan fingerprint density at radius 3 is 2.50 bits per heavy atom. The fraction of sp³-hybridized carbons (Fsp3) is 0.250. The van der Waals surface area contributed by atoms with E-state index in [2.05, 4.69) is 15.9 Å². The Morgan fingerprint density at radius 2 is 1.90 bits per heavy atom. The fourth-order valence-corrected chi connectivity index (χ4v) is 2.52. The van der Waals surface area contributed by atoms with Gasteiger partial charge in [-0.2, -0.15) is 0 Å². The van der Waals surface area contributed by atoms with Gasteiger partial charge in [-0.25, -0.2) is 8.78 Å². The van der Waals surface area contributed by atoms with E-state index in [1.54, 1.807) is 31.2 Å². The zero-order valence-corrected chi connectivity index (χ0v) is 12.6. The van der Waals surface area contributed by atoms with Crippen LogP contribution in [0.1, 0.15) is 24.5 Å². The van der Waals surface area contributed by atoms with Crippen LogP contribution in [0, 0.1) is 11.6 Å². The van der Waals surface area contributed by atoms with E-state index in [1.807, 2.05) is 0 Å². The maximum Gasteiger partial charge on any atom is 0.127 e. The number of halogens is 3. The molecule has 2 rings (SSSR count). The minimum Gasteiger partial charge on any atom is -0.385 e. The first-order chi connectivity index (χ1) is 9.44. The van der Waals surface area contributed by atoms with E-state index in [0.717, 1.165) is 0 Å². The van der Waals surface area contributed by atoms with Crippen LogP contribution in [0.15, 0.2) is 46.9 Å². The molecule has 0 aliphatic carbocycles. The first kappa shape index (κ1) is 15.1. The molecule has 0 saturated heterocycles. The molecule has 4 heteroatoms. The van der Waals surface area contributed by atoms with Gasteiger partial charge < -0.3 is 5.11 Å². The molecule has 0 aromatic heterocycles. The molecule has 0 bridgehead atoms. The molecule has 1 nitrogen and oxygen atoms in total. The van der Waals surface area contributed by atoms with Crippen molar-refractivity contribution in [3.8, 4) is 0 Å². The molecule has 0 saturated carbocycles. The standard InChI is InChI=1S/C16H15BrF2O/c1-2-16(20,12-4-3-5-14(18)8-12)10-11-6-7-13(17)9-15(11)19/h3-9,20H,2,10H2,1H3. The van der Waals surface area contributed by atoms with E-state index in [4.69, 9.17) is 0 Å². The van der Waals surface area contributed by atoms with Gasteiger partial charge in [0, 0.05) is 10.9 Å². The zero-order chi connectivity index (χ0) is 14.8. The first-order valence-corrected chi connectivity index (χ1v) is 7.16.